The van der Waals surface area contributed by atoms with Crippen LogP contribution in [0.25, 0.3) is 5.52 Å². The predicted octanol–water partition coefficient (Wildman–Crippen LogP) is 1.19. The van der Waals surface area contributed by atoms with Gasteiger partial charge in [-0.3, -0.25) is 10.2 Å². The fraction of sp³-hybridized carbons (Fsp3) is 0.182. The van der Waals surface area contributed by atoms with E-state index >= 15 is 0 Å². The Morgan fingerprint density at radius 2 is 2.33 bits per heavy atom. The Kier molecular flexibility index (Phi) is 2.69. The molecule has 0 fully saturated rings. The van der Waals surface area contributed by atoms with Gasteiger partial charge in [-0.05, 0) is 18.2 Å². The molecule has 2 heterocycles. The molecule has 4 heteroatoms. The molecule has 1 amide bonds. The lowest BCUT2D eigenvalue weighted by Crippen LogP contribution is -2.36. The Hall–Kier alpha value is -1.81. The molecule has 2 N–H and O–H groups in total. The van der Waals surface area contributed by atoms with Crippen LogP contribution in [0.5, 0.6) is 0 Å². The fourth-order valence-electron chi connectivity index (χ4n) is 1.42. The first kappa shape index (κ1) is 9.73. The van der Waals surface area contributed by atoms with Crippen LogP contribution >= 0.6 is 0 Å². The van der Waals surface area contributed by atoms with Crippen LogP contribution in [0.2, 0.25) is 0 Å². The Labute approximate surface area is 87.9 Å². The lowest BCUT2D eigenvalue weighted by molar-refractivity contribution is 0.0934. The van der Waals surface area contributed by atoms with E-state index in [1.54, 1.807) is 0 Å². The lowest BCUT2D eigenvalue weighted by Gasteiger charge is -2.01. The van der Waals surface area contributed by atoms with Crippen molar-refractivity contribution >= 4 is 11.4 Å². The molecule has 0 saturated heterocycles. The number of pyridine rings is 1. The van der Waals surface area contributed by atoms with Crippen LogP contribution in [0.4, 0.5) is 0 Å². The molecule has 78 valence electrons. The molecule has 0 aliphatic carbocycles. The number of carbonyl (C=O) groups excluding carboxylic acids is 1. The van der Waals surface area contributed by atoms with Gasteiger partial charge in [0.15, 0.2) is 0 Å². The third-order valence-corrected chi connectivity index (χ3v) is 2.15. The van der Waals surface area contributed by atoms with Crippen molar-refractivity contribution < 1.29 is 4.79 Å². The topological polar surface area (TPSA) is 45.5 Å². The van der Waals surface area contributed by atoms with Gasteiger partial charge in [0, 0.05) is 24.5 Å². The molecule has 0 radical (unpaired) electrons. The Balaban J connectivity index is 2.25. The molecular weight excluding hydrogens is 190 g/mol. The predicted molar refractivity (Wildman–Crippen MR) is 58.5 cm³/mol. The molecule has 0 saturated carbocycles. The number of hydrazine groups is 1. The molecule has 15 heavy (non-hydrogen) atoms. The maximum atomic E-state index is 11.6. The minimum absolute atomic E-state index is 0.111. The van der Waals surface area contributed by atoms with Crippen LogP contribution in [0.15, 0.2) is 36.7 Å². The number of hydrogen-bond acceptors (Lipinski definition) is 2. The maximum absolute atomic E-state index is 11.6. The van der Waals surface area contributed by atoms with Crippen molar-refractivity contribution in [2.45, 2.75) is 6.92 Å². The highest BCUT2D eigenvalue weighted by atomic mass is 16.2. The van der Waals surface area contributed by atoms with Gasteiger partial charge in [0.1, 0.15) is 0 Å². The SMILES string of the molecule is CCNNC(=O)c1cc2ccccn2c1. The molecule has 0 unspecified atom stereocenters. The summed E-state index contributed by atoms with van der Waals surface area (Å²) >= 11 is 0. The van der Waals surface area contributed by atoms with Gasteiger partial charge in [-0.15, -0.1) is 0 Å². The highest BCUT2D eigenvalue weighted by Gasteiger charge is 2.06. The van der Waals surface area contributed by atoms with Gasteiger partial charge in [0.2, 0.25) is 0 Å². The summed E-state index contributed by atoms with van der Waals surface area (Å²) in [6, 6.07) is 7.69. The molecule has 0 aromatic carbocycles. The van der Waals surface area contributed by atoms with Gasteiger partial charge in [-0.1, -0.05) is 13.0 Å². The van der Waals surface area contributed by atoms with Crippen LogP contribution in [-0.4, -0.2) is 16.9 Å². The summed E-state index contributed by atoms with van der Waals surface area (Å²) in [6.07, 6.45) is 3.72. The number of hydrogen-bond donors (Lipinski definition) is 2. The summed E-state index contributed by atoms with van der Waals surface area (Å²) in [5.41, 5.74) is 7.06. The molecular formula is C11H13N3O. The van der Waals surface area contributed by atoms with E-state index in [4.69, 9.17) is 0 Å². The molecule has 2 aromatic heterocycles. The number of nitrogens with zero attached hydrogens (tertiary/aromatic N) is 1. The van der Waals surface area contributed by atoms with Gasteiger partial charge in [-0.2, -0.15) is 0 Å². The largest absolute Gasteiger partial charge is 0.323 e. The van der Waals surface area contributed by atoms with Gasteiger partial charge in [0.05, 0.1) is 5.56 Å². The average Bonchev–Trinajstić information content (AvgIpc) is 2.69. The minimum atomic E-state index is -0.111. The van der Waals surface area contributed by atoms with E-state index < -0.39 is 0 Å². The van der Waals surface area contributed by atoms with Crippen molar-refractivity contribution in [3.63, 3.8) is 0 Å². The van der Waals surface area contributed by atoms with Crippen LogP contribution in [0.1, 0.15) is 17.3 Å². The van der Waals surface area contributed by atoms with Gasteiger partial charge < -0.3 is 4.40 Å². The number of fused-ring (bicyclic) bond motifs is 1. The summed E-state index contributed by atoms with van der Waals surface area (Å²) in [7, 11) is 0. The van der Waals surface area contributed by atoms with Crippen LogP contribution in [0, 0.1) is 0 Å². The Morgan fingerprint density at radius 1 is 1.47 bits per heavy atom. The van der Waals surface area contributed by atoms with Gasteiger partial charge in [-0.25, -0.2) is 5.43 Å². The summed E-state index contributed by atoms with van der Waals surface area (Å²) in [6.45, 7) is 2.63. The van der Waals surface area contributed by atoms with Crippen molar-refractivity contribution in [2.24, 2.45) is 0 Å². The smallest absolute Gasteiger partial charge is 0.266 e. The monoisotopic (exact) mass is 203 g/mol. The summed E-state index contributed by atoms with van der Waals surface area (Å²) in [5, 5.41) is 0. The first-order valence-electron chi connectivity index (χ1n) is 4.91. The number of carbonyl (C=O) groups is 1. The first-order chi connectivity index (χ1) is 7.31. The molecule has 0 spiro atoms. The maximum Gasteiger partial charge on any atom is 0.266 e. The average molecular weight is 203 g/mol. The number of aromatic nitrogens is 1. The van der Waals surface area contributed by atoms with E-state index in [1.807, 2.05) is 48.0 Å². The van der Waals surface area contributed by atoms with Crippen molar-refractivity contribution in [3.05, 3.63) is 42.2 Å². The summed E-state index contributed by atoms with van der Waals surface area (Å²) in [5.74, 6) is -0.111. The second kappa shape index (κ2) is 4.14. The van der Waals surface area contributed by atoms with Gasteiger partial charge >= 0.3 is 0 Å². The highest BCUT2D eigenvalue weighted by Crippen LogP contribution is 2.08. The molecule has 4 nitrogen and oxygen atoms in total. The van der Waals surface area contributed by atoms with Crippen molar-refractivity contribution in [3.8, 4) is 0 Å². The molecule has 2 rings (SSSR count). The normalized spacial score (nSPS) is 10.5. The Morgan fingerprint density at radius 3 is 3.07 bits per heavy atom. The van der Waals surface area contributed by atoms with Crippen molar-refractivity contribution in [1.82, 2.24) is 15.3 Å². The fourth-order valence-corrected chi connectivity index (χ4v) is 1.42. The third kappa shape index (κ3) is 1.99. The molecule has 0 aliphatic heterocycles. The standard InChI is InChI=1S/C11H13N3O/c1-2-12-13-11(15)9-7-10-5-3-4-6-14(10)8-9/h3-8,12H,2H2,1H3,(H,13,15). The molecule has 0 bridgehead atoms. The zero-order valence-corrected chi connectivity index (χ0v) is 8.53. The number of nitrogens with one attached hydrogen (secondary N) is 2. The third-order valence-electron chi connectivity index (χ3n) is 2.15. The molecule has 2 aromatic rings. The van der Waals surface area contributed by atoms with E-state index in [1.165, 1.54) is 0 Å². The second-order valence-corrected chi connectivity index (χ2v) is 3.25. The first-order valence-corrected chi connectivity index (χ1v) is 4.91. The molecule has 0 atom stereocenters. The minimum Gasteiger partial charge on any atom is -0.323 e. The van der Waals surface area contributed by atoms with Crippen LogP contribution in [-0.2, 0) is 0 Å². The van der Waals surface area contributed by atoms with E-state index in [0.717, 1.165) is 5.52 Å². The van der Waals surface area contributed by atoms with E-state index in [-0.39, 0.29) is 5.91 Å². The van der Waals surface area contributed by atoms with E-state index in [2.05, 4.69) is 10.9 Å². The quantitative estimate of drug-likeness (QED) is 0.736. The highest BCUT2D eigenvalue weighted by molar-refractivity contribution is 5.95. The second-order valence-electron chi connectivity index (χ2n) is 3.25. The van der Waals surface area contributed by atoms with E-state index in [9.17, 15) is 4.79 Å². The zero-order chi connectivity index (χ0) is 10.7. The summed E-state index contributed by atoms with van der Waals surface area (Å²) in [4.78, 5) is 11.6. The van der Waals surface area contributed by atoms with Crippen molar-refractivity contribution in [1.29, 1.82) is 0 Å². The lowest BCUT2D eigenvalue weighted by atomic mass is 10.3. The van der Waals surface area contributed by atoms with Gasteiger partial charge in [0.25, 0.3) is 5.91 Å². The number of rotatable bonds is 3. The number of amides is 1. The van der Waals surface area contributed by atoms with Crippen LogP contribution in [0.3, 0.4) is 0 Å². The van der Waals surface area contributed by atoms with Crippen LogP contribution < -0.4 is 10.9 Å². The molecule has 0 aliphatic rings. The van der Waals surface area contributed by atoms with E-state index in [0.29, 0.717) is 12.1 Å². The summed E-state index contributed by atoms with van der Waals surface area (Å²) < 4.78 is 1.92. The Bertz CT molecular complexity index is 442. The van der Waals surface area contributed by atoms with Crippen molar-refractivity contribution in [2.75, 3.05) is 6.54 Å². The zero-order valence-electron chi connectivity index (χ0n) is 8.53.